The van der Waals surface area contributed by atoms with Crippen molar-refractivity contribution in [1.29, 1.82) is 0 Å². The number of aromatic nitrogens is 2. The summed E-state index contributed by atoms with van der Waals surface area (Å²) in [6.45, 7) is 9.52. The second-order valence-corrected chi connectivity index (χ2v) is 5.59. The van der Waals surface area contributed by atoms with E-state index in [-0.39, 0.29) is 17.9 Å². The molecular weight excluding hydrogens is 270 g/mol. The van der Waals surface area contributed by atoms with Crippen molar-refractivity contribution >= 4 is 11.9 Å². The number of hydrogen-bond donors (Lipinski definition) is 2. The number of nitrogens with zero attached hydrogens (tertiary/aromatic N) is 2. The number of amides is 1. The zero-order valence-corrected chi connectivity index (χ0v) is 13.4. The Morgan fingerprint density at radius 3 is 2.33 bits per heavy atom. The SMILES string of the molecule is CCC(CC)n1ncc(C(=O)N[C@@H](C(=O)O)C(C)C)c1C. The van der Waals surface area contributed by atoms with Gasteiger partial charge in [-0.05, 0) is 25.7 Å². The molecule has 1 aromatic heterocycles. The molecule has 2 N–H and O–H groups in total. The molecule has 6 heteroatoms. The predicted octanol–water partition coefficient (Wildman–Crippen LogP) is 2.39. The summed E-state index contributed by atoms with van der Waals surface area (Å²) in [6, 6.07) is -0.639. The third-order valence-electron chi connectivity index (χ3n) is 3.80. The fraction of sp³-hybridized carbons (Fsp3) is 0.667. The summed E-state index contributed by atoms with van der Waals surface area (Å²) in [5, 5.41) is 16.0. The zero-order chi connectivity index (χ0) is 16.2. The number of rotatable bonds is 7. The number of carboxylic acids is 1. The molecule has 1 aromatic rings. The van der Waals surface area contributed by atoms with Crippen LogP contribution < -0.4 is 5.32 Å². The van der Waals surface area contributed by atoms with Crippen LogP contribution in [-0.2, 0) is 4.79 Å². The quantitative estimate of drug-likeness (QED) is 0.809. The van der Waals surface area contributed by atoms with Crippen LogP contribution in [0.25, 0.3) is 0 Å². The minimum Gasteiger partial charge on any atom is -0.480 e. The van der Waals surface area contributed by atoms with Crippen molar-refractivity contribution in [3.05, 3.63) is 17.5 Å². The normalized spacial score (nSPS) is 12.7. The number of nitrogens with one attached hydrogen (secondary N) is 1. The van der Waals surface area contributed by atoms with Crippen molar-refractivity contribution in [3.63, 3.8) is 0 Å². The topological polar surface area (TPSA) is 84.2 Å². The molecule has 21 heavy (non-hydrogen) atoms. The summed E-state index contributed by atoms with van der Waals surface area (Å²) in [4.78, 5) is 23.4. The van der Waals surface area contributed by atoms with Gasteiger partial charge >= 0.3 is 5.97 Å². The van der Waals surface area contributed by atoms with Crippen LogP contribution >= 0.6 is 0 Å². The maximum absolute atomic E-state index is 12.3. The highest BCUT2D eigenvalue weighted by atomic mass is 16.4. The second kappa shape index (κ2) is 7.24. The van der Waals surface area contributed by atoms with Gasteiger partial charge in [-0.1, -0.05) is 27.7 Å². The summed E-state index contributed by atoms with van der Waals surface area (Å²) in [6.07, 6.45) is 3.38. The van der Waals surface area contributed by atoms with Gasteiger partial charge in [-0.15, -0.1) is 0 Å². The molecule has 118 valence electrons. The van der Waals surface area contributed by atoms with Gasteiger partial charge in [0.1, 0.15) is 6.04 Å². The largest absolute Gasteiger partial charge is 0.480 e. The number of carboxylic acid groups (broad SMARTS) is 1. The minimum absolute atomic E-state index is 0.180. The molecular formula is C15H25N3O3. The van der Waals surface area contributed by atoms with Gasteiger partial charge in [-0.25, -0.2) is 4.79 Å². The van der Waals surface area contributed by atoms with E-state index in [9.17, 15) is 9.59 Å². The van der Waals surface area contributed by atoms with E-state index in [1.807, 2.05) is 11.6 Å². The van der Waals surface area contributed by atoms with E-state index in [0.29, 0.717) is 5.56 Å². The molecule has 0 radical (unpaired) electrons. The van der Waals surface area contributed by atoms with E-state index in [4.69, 9.17) is 5.11 Å². The number of hydrogen-bond acceptors (Lipinski definition) is 3. The molecule has 0 bridgehead atoms. The lowest BCUT2D eigenvalue weighted by atomic mass is 10.0. The molecule has 0 saturated heterocycles. The summed E-state index contributed by atoms with van der Waals surface area (Å²) in [7, 11) is 0. The third kappa shape index (κ3) is 3.83. The summed E-state index contributed by atoms with van der Waals surface area (Å²) in [5.41, 5.74) is 1.21. The lowest BCUT2D eigenvalue weighted by Gasteiger charge is -2.18. The van der Waals surface area contributed by atoms with Gasteiger partial charge in [-0.3, -0.25) is 9.48 Å². The first-order valence-electron chi connectivity index (χ1n) is 7.41. The maximum Gasteiger partial charge on any atom is 0.326 e. The van der Waals surface area contributed by atoms with Crippen LogP contribution in [0.4, 0.5) is 0 Å². The molecule has 6 nitrogen and oxygen atoms in total. The van der Waals surface area contributed by atoms with E-state index < -0.39 is 12.0 Å². The van der Waals surface area contributed by atoms with Gasteiger partial charge in [0.25, 0.3) is 5.91 Å². The Hall–Kier alpha value is -1.85. The monoisotopic (exact) mass is 295 g/mol. The standard InChI is InChI=1S/C15H25N3O3/c1-6-11(7-2)18-10(5)12(8-16-18)14(19)17-13(9(3)4)15(20)21/h8-9,11,13H,6-7H2,1-5H3,(H,17,19)(H,20,21)/t13-/m1/s1. The molecule has 1 rings (SSSR count). The van der Waals surface area contributed by atoms with E-state index in [2.05, 4.69) is 24.3 Å². The first-order valence-corrected chi connectivity index (χ1v) is 7.41. The molecule has 0 spiro atoms. The molecule has 0 aliphatic heterocycles. The molecule has 1 atom stereocenters. The van der Waals surface area contributed by atoms with Gasteiger partial charge in [-0.2, -0.15) is 5.10 Å². The molecule has 0 fully saturated rings. The molecule has 0 saturated carbocycles. The first kappa shape index (κ1) is 17.2. The van der Waals surface area contributed by atoms with Crippen molar-refractivity contribution in [2.24, 2.45) is 5.92 Å². The molecule has 1 heterocycles. The highest BCUT2D eigenvalue weighted by Gasteiger charge is 2.26. The van der Waals surface area contributed by atoms with E-state index in [0.717, 1.165) is 18.5 Å². The van der Waals surface area contributed by atoms with E-state index >= 15 is 0 Å². The maximum atomic E-state index is 12.3. The van der Waals surface area contributed by atoms with Crippen molar-refractivity contribution in [3.8, 4) is 0 Å². The Morgan fingerprint density at radius 1 is 1.33 bits per heavy atom. The average molecular weight is 295 g/mol. The smallest absolute Gasteiger partial charge is 0.326 e. The Balaban J connectivity index is 2.96. The lowest BCUT2D eigenvalue weighted by Crippen LogP contribution is -2.44. The third-order valence-corrected chi connectivity index (χ3v) is 3.80. The van der Waals surface area contributed by atoms with Gasteiger partial charge in [0.05, 0.1) is 17.8 Å². The van der Waals surface area contributed by atoms with Gasteiger partial charge in [0.15, 0.2) is 0 Å². The molecule has 0 unspecified atom stereocenters. The van der Waals surface area contributed by atoms with Crippen molar-refractivity contribution in [2.75, 3.05) is 0 Å². The number of carbonyl (C=O) groups excluding carboxylic acids is 1. The fourth-order valence-corrected chi connectivity index (χ4v) is 2.38. The van der Waals surface area contributed by atoms with Crippen LogP contribution in [0.1, 0.15) is 62.6 Å². The van der Waals surface area contributed by atoms with Crippen molar-refractivity contribution in [2.45, 2.75) is 59.5 Å². The molecule has 1 amide bonds. The van der Waals surface area contributed by atoms with E-state index in [1.54, 1.807) is 13.8 Å². The number of carbonyl (C=O) groups is 2. The minimum atomic E-state index is -1.02. The van der Waals surface area contributed by atoms with Crippen LogP contribution in [0.2, 0.25) is 0 Å². The first-order chi connectivity index (χ1) is 9.83. The fourth-order valence-electron chi connectivity index (χ4n) is 2.38. The van der Waals surface area contributed by atoms with E-state index in [1.165, 1.54) is 6.20 Å². The van der Waals surface area contributed by atoms with Crippen molar-refractivity contribution in [1.82, 2.24) is 15.1 Å². The Morgan fingerprint density at radius 2 is 1.90 bits per heavy atom. The van der Waals surface area contributed by atoms with Crippen LogP contribution in [0, 0.1) is 12.8 Å². The molecule has 0 aliphatic rings. The van der Waals surface area contributed by atoms with Crippen LogP contribution in [0.15, 0.2) is 6.20 Å². The predicted molar refractivity (Wildman–Crippen MR) is 80.3 cm³/mol. The number of aliphatic carboxylic acids is 1. The highest BCUT2D eigenvalue weighted by Crippen LogP contribution is 2.19. The second-order valence-electron chi connectivity index (χ2n) is 5.59. The molecule has 0 aromatic carbocycles. The Kier molecular flexibility index (Phi) is 5.93. The zero-order valence-electron chi connectivity index (χ0n) is 13.4. The molecule has 0 aliphatic carbocycles. The summed E-state index contributed by atoms with van der Waals surface area (Å²) >= 11 is 0. The highest BCUT2D eigenvalue weighted by molar-refractivity contribution is 5.97. The van der Waals surface area contributed by atoms with Crippen LogP contribution in [0.5, 0.6) is 0 Å². The Bertz CT molecular complexity index is 504. The van der Waals surface area contributed by atoms with Gasteiger partial charge < -0.3 is 10.4 Å². The summed E-state index contributed by atoms with van der Waals surface area (Å²) < 4.78 is 1.85. The van der Waals surface area contributed by atoms with Crippen molar-refractivity contribution < 1.29 is 14.7 Å². The van der Waals surface area contributed by atoms with Gasteiger partial charge in [0, 0.05) is 5.69 Å². The van der Waals surface area contributed by atoms with Crippen LogP contribution in [-0.4, -0.2) is 32.8 Å². The summed E-state index contributed by atoms with van der Waals surface area (Å²) in [5.74, 6) is -1.59. The average Bonchev–Trinajstić information content (AvgIpc) is 2.79. The van der Waals surface area contributed by atoms with Gasteiger partial charge in [0.2, 0.25) is 0 Å². The lowest BCUT2D eigenvalue weighted by molar-refractivity contribution is -0.140. The van der Waals surface area contributed by atoms with Crippen LogP contribution in [0.3, 0.4) is 0 Å². The Labute approximate surface area is 125 Å².